The van der Waals surface area contributed by atoms with Crippen LogP contribution in [0.3, 0.4) is 0 Å². The second-order valence-electron chi connectivity index (χ2n) is 6.43. The first-order chi connectivity index (χ1) is 12.6. The van der Waals surface area contributed by atoms with Crippen LogP contribution in [0.1, 0.15) is 30.0 Å². The summed E-state index contributed by atoms with van der Waals surface area (Å²) in [6.07, 6.45) is 3.11. The molecule has 0 N–H and O–H groups in total. The normalized spacial score (nSPS) is 15.7. The Hall–Kier alpha value is -2.31. The monoisotopic (exact) mass is 371 g/mol. The molecule has 2 aliphatic rings. The summed E-state index contributed by atoms with van der Waals surface area (Å²) in [5.41, 5.74) is 3.08. The molecule has 0 spiro atoms. The molecule has 5 nitrogen and oxygen atoms in total. The van der Waals surface area contributed by atoms with Crippen LogP contribution in [0, 0.1) is 0 Å². The molecule has 1 aliphatic heterocycles. The summed E-state index contributed by atoms with van der Waals surface area (Å²) in [6.45, 7) is 2.80. The van der Waals surface area contributed by atoms with Crippen LogP contribution in [-0.2, 0) is 23.0 Å². The first kappa shape index (κ1) is 17.1. The smallest absolute Gasteiger partial charge is 0.239 e. The van der Waals surface area contributed by atoms with Gasteiger partial charge in [-0.3, -0.25) is 0 Å². The Morgan fingerprint density at radius 2 is 1.85 bits per heavy atom. The molecule has 0 saturated carbocycles. The van der Waals surface area contributed by atoms with Gasteiger partial charge in [-0.1, -0.05) is 37.3 Å². The summed E-state index contributed by atoms with van der Waals surface area (Å²) in [4.78, 5) is 0.485. The van der Waals surface area contributed by atoms with Gasteiger partial charge in [0.05, 0.1) is 4.91 Å². The fourth-order valence-corrected chi connectivity index (χ4v) is 5.01. The Morgan fingerprint density at radius 1 is 1.04 bits per heavy atom. The number of benzene rings is 2. The fourth-order valence-electron chi connectivity index (χ4n) is 3.39. The highest BCUT2D eigenvalue weighted by Crippen LogP contribution is 2.34. The van der Waals surface area contributed by atoms with Gasteiger partial charge >= 0.3 is 0 Å². The fraction of sp³-hybridized carbons (Fsp3) is 0.300. The molecule has 26 heavy (non-hydrogen) atoms. The minimum Gasteiger partial charge on any atom is -0.454 e. The van der Waals surface area contributed by atoms with Crippen LogP contribution >= 0.6 is 0 Å². The predicted octanol–water partition coefficient (Wildman–Crippen LogP) is 3.55. The van der Waals surface area contributed by atoms with Gasteiger partial charge in [0, 0.05) is 13.1 Å². The zero-order valence-electron chi connectivity index (χ0n) is 14.6. The van der Waals surface area contributed by atoms with E-state index in [-0.39, 0.29) is 6.79 Å². The molecule has 0 aromatic heterocycles. The maximum Gasteiger partial charge on any atom is 0.239 e. The van der Waals surface area contributed by atoms with E-state index >= 15 is 0 Å². The lowest BCUT2D eigenvalue weighted by Gasteiger charge is -2.24. The summed E-state index contributed by atoms with van der Waals surface area (Å²) >= 11 is 0. The van der Waals surface area contributed by atoms with Crippen molar-refractivity contribution in [2.45, 2.75) is 26.3 Å². The van der Waals surface area contributed by atoms with Crippen molar-refractivity contribution in [3.63, 3.8) is 0 Å². The zero-order chi connectivity index (χ0) is 18.1. The lowest BCUT2D eigenvalue weighted by Crippen LogP contribution is -2.32. The van der Waals surface area contributed by atoms with Crippen LogP contribution in [-0.4, -0.2) is 26.1 Å². The van der Waals surface area contributed by atoms with Gasteiger partial charge in [0.25, 0.3) is 0 Å². The Bertz CT molecular complexity index is 966. The summed E-state index contributed by atoms with van der Waals surface area (Å²) in [5.74, 6) is 1.37. The lowest BCUT2D eigenvalue weighted by atomic mass is 9.98. The highest BCUT2D eigenvalue weighted by Gasteiger charge is 2.28. The van der Waals surface area contributed by atoms with Gasteiger partial charge in [-0.15, -0.1) is 0 Å². The number of sulfonamides is 1. The molecule has 0 radical (unpaired) electrons. The van der Waals surface area contributed by atoms with Crippen LogP contribution < -0.4 is 9.47 Å². The van der Waals surface area contributed by atoms with Crippen molar-refractivity contribution in [1.82, 2.24) is 4.31 Å². The van der Waals surface area contributed by atoms with E-state index in [1.807, 2.05) is 49.4 Å². The molecule has 0 unspecified atom stereocenters. The van der Waals surface area contributed by atoms with Crippen molar-refractivity contribution in [2.75, 3.05) is 13.3 Å². The van der Waals surface area contributed by atoms with Crippen molar-refractivity contribution in [3.8, 4) is 11.5 Å². The largest absolute Gasteiger partial charge is 0.454 e. The Morgan fingerprint density at radius 3 is 2.69 bits per heavy atom. The molecular formula is C20H21NO4S. The number of aryl methyl sites for hydroxylation is 1. The molecule has 2 aromatic carbocycles. The van der Waals surface area contributed by atoms with E-state index in [4.69, 9.17) is 9.47 Å². The van der Waals surface area contributed by atoms with Crippen LogP contribution in [0.15, 0.2) is 47.4 Å². The number of nitrogens with zero attached hydrogens (tertiary/aromatic N) is 1. The molecule has 0 saturated heterocycles. The lowest BCUT2D eigenvalue weighted by molar-refractivity contribution is 0.174. The molecule has 1 aliphatic carbocycles. The Balaban J connectivity index is 1.61. The third-order valence-corrected chi connectivity index (χ3v) is 6.88. The molecule has 4 rings (SSSR count). The van der Waals surface area contributed by atoms with Crippen LogP contribution in [0.25, 0.3) is 6.08 Å². The minimum atomic E-state index is -3.51. The summed E-state index contributed by atoms with van der Waals surface area (Å²) in [6, 6.07) is 13.5. The minimum absolute atomic E-state index is 0.209. The first-order valence-electron chi connectivity index (χ1n) is 8.75. The molecule has 6 heteroatoms. The van der Waals surface area contributed by atoms with Gasteiger partial charge in [0.2, 0.25) is 16.8 Å². The van der Waals surface area contributed by atoms with E-state index in [2.05, 4.69) is 6.07 Å². The number of fused-ring (bicyclic) bond motifs is 2. The standard InChI is InChI=1S/C20H21NO4S/c1-2-21(13-15-7-10-19-20(11-15)25-14-24-19)26(22,23)18-9-8-16-5-3-4-6-17(16)12-18/h3-7,10-12H,2,8-9,13-14H2,1H3. The number of ether oxygens (including phenoxy) is 2. The maximum absolute atomic E-state index is 13.2. The van der Waals surface area contributed by atoms with Crippen molar-refractivity contribution in [1.29, 1.82) is 0 Å². The van der Waals surface area contributed by atoms with Crippen molar-refractivity contribution in [3.05, 3.63) is 64.1 Å². The van der Waals surface area contributed by atoms with Crippen molar-refractivity contribution < 1.29 is 17.9 Å². The molecule has 0 fully saturated rings. The van der Waals surface area contributed by atoms with E-state index in [1.54, 1.807) is 0 Å². The second-order valence-corrected chi connectivity index (χ2v) is 8.42. The van der Waals surface area contributed by atoms with Crippen molar-refractivity contribution >= 4 is 16.1 Å². The summed E-state index contributed by atoms with van der Waals surface area (Å²) < 4.78 is 38.6. The average molecular weight is 371 g/mol. The Kier molecular flexibility index (Phi) is 4.46. The van der Waals surface area contributed by atoms with Gasteiger partial charge < -0.3 is 9.47 Å². The zero-order valence-corrected chi connectivity index (χ0v) is 15.5. The molecule has 1 heterocycles. The molecule has 2 aromatic rings. The van der Waals surface area contributed by atoms with Gasteiger partial charge in [-0.05, 0) is 47.7 Å². The average Bonchev–Trinajstić information content (AvgIpc) is 3.13. The van der Waals surface area contributed by atoms with Gasteiger partial charge in [0.15, 0.2) is 11.5 Å². The Labute approximate surface area is 153 Å². The molecule has 136 valence electrons. The quantitative estimate of drug-likeness (QED) is 0.806. The van der Waals surface area contributed by atoms with E-state index in [9.17, 15) is 8.42 Å². The van der Waals surface area contributed by atoms with Gasteiger partial charge in [-0.25, -0.2) is 8.42 Å². The van der Waals surface area contributed by atoms with Crippen molar-refractivity contribution in [2.24, 2.45) is 0 Å². The SMILES string of the molecule is CCN(Cc1ccc2c(c1)OCO2)S(=O)(=O)C1=Cc2ccccc2CC1. The third-order valence-electron chi connectivity index (χ3n) is 4.83. The molecule has 0 atom stereocenters. The van der Waals surface area contributed by atoms with E-state index in [1.165, 1.54) is 9.87 Å². The van der Waals surface area contributed by atoms with E-state index in [0.29, 0.717) is 35.9 Å². The summed E-state index contributed by atoms with van der Waals surface area (Å²) in [7, 11) is -3.51. The number of allylic oxidation sites excluding steroid dienone is 1. The number of rotatable bonds is 5. The van der Waals surface area contributed by atoms with E-state index < -0.39 is 10.0 Å². The van der Waals surface area contributed by atoms with Gasteiger partial charge in [-0.2, -0.15) is 4.31 Å². The maximum atomic E-state index is 13.2. The van der Waals surface area contributed by atoms with Gasteiger partial charge in [0.1, 0.15) is 0 Å². The van der Waals surface area contributed by atoms with Crippen LogP contribution in [0.2, 0.25) is 0 Å². The third kappa shape index (κ3) is 3.10. The first-order valence-corrected chi connectivity index (χ1v) is 10.2. The second kappa shape index (κ2) is 6.78. The van der Waals surface area contributed by atoms with E-state index in [0.717, 1.165) is 17.5 Å². The number of hydrogen-bond donors (Lipinski definition) is 0. The number of hydrogen-bond acceptors (Lipinski definition) is 4. The predicted molar refractivity (Wildman–Crippen MR) is 100 cm³/mol. The molecular weight excluding hydrogens is 350 g/mol. The summed E-state index contributed by atoms with van der Waals surface area (Å²) in [5, 5.41) is 0. The highest BCUT2D eigenvalue weighted by molar-refractivity contribution is 7.93. The highest BCUT2D eigenvalue weighted by atomic mass is 32.2. The molecule has 0 amide bonds. The topological polar surface area (TPSA) is 55.8 Å². The van der Waals surface area contributed by atoms with Crippen LogP contribution in [0.4, 0.5) is 0 Å². The molecule has 0 bridgehead atoms. The van der Waals surface area contributed by atoms with Crippen LogP contribution in [0.5, 0.6) is 11.5 Å².